The fourth-order valence-electron chi connectivity index (χ4n) is 2.28. The smallest absolute Gasteiger partial charge is 0.193 e. The Bertz CT molecular complexity index is 513. The van der Waals surface area contributed by atoms with E-state index in [0.29, 0.717) is 5.22 Å². The Morgan fingerprint density at radius 2 is 1.83 bits per heavy atom. The van der Waals surface area contributed by atoms with Gasteiger partial charge in [0, 0.05) is 0 Å². The second-order valence-electron chi connectivity index (χ2n) is 4.68. The summed E-state index contributed by atoms with van der Waals surface area (Å²) >= 11 is 5.82. The molecule has 3 heteroatoms. The lowest BCUT2D eigenvalue weighted by atomic mass is 10.00. The zero-order valence-electron chi connectivity index (χ0n) is 11.0. The van der Waals surface area contributed by atoms with Gasteiger partial charge in [0.2, 0.25) is 0 Å². The lowest BCUT2D eigenvalue weighted by Crippen LogP contribution is -2.18. The molecule has 1 heterocycles. The van der Waals surface area contributed by atoms with Gasteiger partial charge in [-0.15, -0.1) is 0 Å². The molecule has 0 aliphatic heterocycles. The summed E-state index contributed by atoms with van der Waals surface area (Å²) in [7, 11) is 1.93. The number of furan rings is 1. The number of halogens is 1. The van der Waals surface area contributed by atoms with E-state index in [9.17, 15) is 0 Å². The van der Waals surface area contributed by atoms with E-state index in [1.807, 2.05) is 13.1 Å². The average molecular weight is 264 g/mol. The minimum Gasteiger partial charge on any atom is -0.448 e. The van der Waals surface area contributed by atoms with Crippen molar-refractivity contribution in [1.82, 2.24) is 5.32 Å². The van der Waals surface area contributed by atoms with Crippen LogP contribution < -0.4 is 5.32 Å². The molecule has 1 aromatic carbocycles. The van der Waals surface area contributed by atoms with Crippen molar-refractivity contribution >= 4 is 11.6 Å². The minimum atomic E-state index is 0.152. The molecular formula is C15H18ClNO. The second-order valence-corrected chi connectivity index (χ2v) is 5.06. The highest BCUT2D eigenvalue weighted by atomic mass is 35.5. The Kier molecular flexibility index (Phi) is 4.10. The van der Waals surface area contributed by atoms with Crippen LogP contribution in [-0.4, -0.2) is 7.05 Å². The second kappa shape index (κ2) is 5.59. The minimum absolute atomic E-state index is 0.152. The molecule has 2 rings (SSSR count). The molecule has 2 aromatic rings. The van der Waals surface area contributed by atoms with Gasteiger partial charge in [-0.25, -0.2) is 0 Å². The normalized spacial score (nSPS) is 12.7. The maximum atomic E-state index is 5.82. The molecule has 0 saturated heterocycles. The van der Waals surface area contributed by atoms with Crippen molar-refractivity contribution < 1.29 is 4.42 Å². The van der Waals surface area contributed by atoms with E-state index in [-0.39, 0.29) is 6.04 Å². The van der Waals surface area contributed by atoms with Crippen LogP contribution in [0.5, 0.6) is 0 Å². The van der Waals surface area contributed by atoms with Gasteiger partial charge in [0.15, 0.2) is 5.22 Å². The number of hydrogen-bond acceptors (Lipinski definition) is 2. The maximum absolute atomic E-state index is 5.82. The van der Waals surface area contributed by atoms with Crippen molar-refractivity contribution in [2.75, 3.05) is 7.05 Å². The average Bonchev–Trinajstić information content (AvgIpc) is 2.71. The fourth-order valence-corrected chi connectivity index (χ4v) is 2.44. The third kappa shape index (κ3) is 3.15. The zero-order valence-corrected chi connectivity index (χ0v) is 11.7. The van der Waals surface area contributed by atoms with Crippen molar-refractivity contribution in [2.24, 2.45) is 0 Å². The molecule has 1 aromatic heterocycles. The van der Waals surface area contributed by atoms with Crippen LogP contribution in [0, 0.1) is 13.8 Å². The van der Waals surface area contributed by atoms with E-state index in [4.69, 9.17) is 16.0 Å². The van der Waals surface area contributed by atoms with Crippen LogP contribution in [-0.2, 0) is 6.42 Å². The summed E-state index contributed by atoms with van der Waals surface area (Å²) in [4.78, 5) is 0. The van der Waals surface area contributed by atoms with Gasteiger partial charge in [0.25, 0.3) is 0 Å². The maximum Gasteiger partial charge on any atom is 0.193 e. The first-order valence-corrected chi connectivity index (χ1v) is 6.46. The summed E-state index contributed by atoms with van der Waals surface area (Å²) in [6.07, 6.45) is 0.892. The third-order valence-corrected chi connectivity index (χ3v) is 3.21. The van der Waals surface area contributed by atoms with Crippen LogP contribution in [0.2, 0.25) is 5.22 Å². The molecule has 0 amide bonds. The van der Waals surface area contributed by atoms with E-state index in [0.717, 1.165) is 12.2 Å². The summed E-state index contributed by atoms with van der Waals surface area (Å²) < 4.78 is 5.47. The predicted octanol–water partition coefficient (Wildman–Crippen LogP) is 4.05. The molecule has 0 bridgehead atoms. The molecule has 0 aliphatic rings. The Balaban J connectivity index is 2.20. The van der Waals surface area contributed by atoms with E-state index in [2.05, 4.69) is 37.4 Å². The van der Waals surface area contributed by atoms with Crippen LogP contribution >= 0.6 is 11.6 Å². The Labute approximate surface area is 113 Å². The summed E-state index contributed by atoms with van der Waals surface area (Å²) in [5.41, 5.74) is 3.88. The van der Waals surface area contributed by atoms with E-state index < -0.39 is 0 Å². The molecular weight excluding hydrogens is 246 g/mol. The Morgan fingerprint density at radius 3 is 2.33 bits per heavy atom. The number of nitrogens with one attached hydrogen (secondary N) is 1. The molecule has 1 atom stereocenters. The van der Waals surface area contributed by atoms with Gasteiger partial charge in [-0.05, 0) is 56.6 Å². The first-order valence-electron chi connectivity index (χ1n) is 6.08. The molecule has 1 unspecified atom stereocenters. The van der Waals surface area contributed by atoms with Crippen molar-refractivity contribution in [1.29, 1.82) is 0 Å². The predicted molar refractivity (Wildman–Crippen MR) is 75.1 cm³/mol. The molecule has 0 spiro atoms. The highest BCUT2D eigenvalue weighted by Gasteiger charge is 2.14. The Hall–Kier alpha value is -1.25. The number of aryl methyl sites for hydroxylation is 2. The van der Waals surface area contributed by atoms with Crippen molar-refractivity contribution in [3.63, 3.8) is 0 Å². The SMILES string of the molecule is CNC(Cc1cc(C)cc(C)c1)c1ccc(Cl)o1. The molecule has 0 fully saturated rings. The standard InChI is InChI=1S/C15H18ClNO/c1-10-6-11(2)8-12(7-10)9-13(17-3)14-4-5-15(16)18-14/h4-8,13,17H,9H2,1-3H3. The molecule has 1 N–H and O–H groups in total. The number of hydrogen-bond donors (Lipinski definition) is 1. The lowest BCUT2D eigenvalue weighted by Gasteiger charge is -2.14. The van der Waals surface area contributed by atoms with Crippen LogP contribution in [0.15, 0.2) is 34.7 Å². The van der Waals surface area contributed by atoms with Gasteiger partial charge >= 0.3 is 0 Å². The van der Waals surface area contributed by atoms with Gasteiger partial charge in [-0.1, -0.05) is 29.3 Å². The van der Waals surface area contributed by atoms with Crippen LogP contribution in [0.3, 0.4) is 0 Å². The number of benzene rings is 1. The largest absolute Gasteiger partial charge is 0.448 e. The van der Waals surface area contributed by atoms with Crippen molar-refractivity contribution in [3.05, 3.63) is 58.0 Å². The number of rotatable bonds is 4. The van der Waals surface area contributed by atoms with Gasteiger partial charge < -0.3 is 9.73 Å². The molecule has 2 nitrogen and oxygen atoms in total. The van der Waals surface area contributed by atoms with E-state index in [1.165, 1.54) is 16.7 Å². The monoisotopic (exact) mass is 263 g/mol. The zero-order chi connectivity index (χ0) is 13.1. The molecule has 0 saturated carbocycles. The van der Waals surface area contributed by atoms with Crippen molar-refractivity contribution in [2.45, 2.75) is 26.3 Å². The van der Waals surface area contributed by atoms with E-state index >= 15 is 0 Å². The quantitative estimate of drug-likeness (QED) is 0.900. The molecule has 0 aliphatic carbocycles. The van der Waals surface area contributed by atoms with Crippen molar-refractivity contribution in [3.8, 4) is 0 Å². The molecule has 0 radical (unpaired) electrons. The molecule has 96 valence electrons. The van der Waals surface area contributed by atoms with Crippen LogP contribution in [0.1, 0.15) is 28.5 Å². The lowest BCUT2D eigenvalue weighted by molar-refractivity contribution is 0.430. The first kappa shape index (κ1) is 13.2. The van der Waals surface area contributed by atoms with E-state index in [1.54, 1.807) is 6.07 Å². The van der Waals surface area contributed by atoms with Crippen LogP contribution in [0.4, 0.5) is 0 Å². The highest BCUT2D eigenvalue weighted by Crippen LogP contribution is 2.23. The Morgan fingerprint density at radius 1 is 1.17 bits per heavy atom. The third-order valence-electron chi connectivity index (χ3n) is 3.01. The fraction of sp³-hybridized carbons (Fsp3) is 0.333. The molecule has 18 heavy (non-hydrogen) atoms. The summed E-state index contributed by atoms with van der Waals surface area (Å²) in [5.74, 6) is 0.877. The van der Waals surface area contributed by atoms with Gasteiger partial charge in [-0.2, -0.15) is 0 Å². The van der Waals surface area contributed by atoms with Crippen LogP contribution in [0.25, 0.3) is 0 Å². The van der Waals surface area contributed by atoms with Gasteiger partial charge in [0.05, 0.1) is 6.04 Å². The summed E-state index contributed by atoms with van der Waals surface area (Å²) in [6.45, 7) is 4.24. The highest BCUT2D eigenvalue weighted by molar-refractivity contribution is 6.28. The summed E-state index contributed by atoms with van der Waals surface area (Å²) in [5, 5.41) is 3.70. The topological polar surface area (TPSA) is 25.2 Å². The number of likely N-dealkylation sites (N-methyl/N-ethyl adjacent to an activating group) is 1. The van der Waals surface area contributed by atoms with Gasteiger partial charge in [-0.3, -0.25) is 0 Å². The first-order chi connectivity index (χ1) is 8.58. The van der Waals surface area contributed by atoms with Gasteiger partial charge in [0.1, 0.15) is 5.76 Å². The summed E-state index contributed by atoms with van der Waals surface area (Å²) in [6, 6.07) is 10.5.